The second-order valence-electron chi connectivity index (χ2n) is 36.4. The number of fused-ring (bicyclic) bond motifs is 2. The van der Waals surface area contributed by atoms with Crippen LogP contribution in [0.4, 0.5) is 13.2 Å². The van der Waals surface area contributed by atoms with Gasteiger partial charge in [0.05, 0.1) is 51.8 Å². The topological polar surface area (TPSA) is 280 Å². The molecule has 3 aliphatic heterocycles. The molecule has 0 spiro atoms. The van der Waals surface area contributed by atoms with Crippen LogP contribution in [0.2, 0.25) is 0 Å². The van der Waals surface area contributed by atoms with Crippen molar-refractivity contribution in [2.75, 3.05) is 121 Å². The predicted octanol–water partition coefficient (Wildman–Crippen LogP) is 14.5. The number of nitrogens with two attached hydrogens (primary N) is 6. The molecule has 3 aromatic carbocycles. The van der Waals surface area contributed by atoms with Crippen molar-refractivity contribution >= 4 is 96.2 Å². The van der Waals surface area contributed by atoms with E-state index in [4.69, 9.17) is 36.9 Å². The van der Waals surface area contributed by atoms with E-state index in [1.54, 1.807) is 56.4 Å². The third-order valence-corrected chi connectivity index (χ3v) is 44.6. The molecule has 5 aromatic heterocycles. The summed E-state index contributed by atoms with van der Waals surface area (Å²) in [6.45, 7) is 19.1. The van der Waals surface area contributed by atoms with E-state index in [1.807, 2.05) is 75.4 Å². The first-order valence-corrected chi connectivity index (χ1v) is 48.1. The van der Waals surface area contributed by atoms with Gasteiger partial charge in [-0.2, -0.15) is 0 Å². The van der Waals surface area contributed by atoms with Gasteiger partial charge in [0.2, 0.25) is 0 Å². The normalized spacial score (nSPS) is 26.0. The summed E-state index contributed by atoms with van der Waals surface area (Å²) in [7, 11) is -2.10. The van der Waals surface area contributed by atoms with E-state index in [1.165, 1.54) is 33.3 Å². The molecule has 3 atom stereocenters. The molecule has 0 saturated heterocycles. The van der Waals surface area contributed by atoms with Gasteiger partial charge in [-0.15, -0.1) is 0 Å². The lowest BCUT2D eigenvalue weighted by atomic mass is 9.90. The highest BCUT2D eigenvalue weighted by Crippen LogP contribution is 2.91. The molecule has 12 N–H and O–H groups in total. The van der Waals surface area contributed by atoms with Crippen molar-refractivity contribution in [2.24, 2.45) is 49.4 Å². The molecule has 564 valence electrons. The molecule has 0 aliphatic carbocycles. The maximum Gasteiger partial charge on any atom is 0.140 e. The lowest BCUT2D eigenvalue weighted by molar-refractivity contribution is 0.408. The van der Waals surface area contributed by atoms with Crippen LogP contribution in [0.5, 0.6) is 5.75 Å². The number of aromatic nitrogens is 6. The Bertz CT molecular complexity index is 4420. The zero-order chi connectivity index (χ0) is 77.7. The number of benzene rings is 3. The second kappa shape index (κ2) is 27.0. The molecule has 0 unspecified atom stereocenters. The third-order valence-electron chi connectivity index (χ3n) is 23.1. The third kappa shape index (κ3) is 16.1. The van der Waals surface area contributed by atoms with E-state index in [9.17, 15) is 0 Å². The minimum absolute atomic E-state index is 0.251. The summed E-state index contributed by atoms with van der Waals surface area (Å²) in [6, 6.07) is 25.5. The summed E-state index contributed by atoms with van der Waals surface area (Å²) in [5.41, 5.74) is 40.5. The van der Waals surface area contributed by atoms with Crippen LogP contribution in [-0.2, 0) is 35.9 Å². The Kier molecular flexibility index (Phi) is 22.4. The number of rotatable bonds is 10. The first-order chi connectivity index (χ1) is 46.4. The summed E-state index contributed by atoms with van der Waals surface area (Å²) in [5, 5.41) is 1.02. The highest BCUT2D eigenvalue weighted by Gasteiger charge is 2.66. The highest BCUT2D eigenvalue weighted by molar-refractivity contribution is 9.10. The molecular weight excluding hydrogens is 1480 g/mol. The Morgan fingerprint density at radius 3 is 1.14 bits per heavy atom. The van der Waals surface area contributed by atoms with Gasteiger partial charge in [-0.3, -0.25) is 59.8 Å². The Balaban J connectivity index is 0.000000232. The van der Waals surface area contributed by atoms with E-state index in [0.717, 1.165) is 87.7 Å². The number of amidine groups is 3. The van der Waals surface area contributed by atoms with E-state index in [0.29, 0.717) is 53.5 Å². The minimum atomic E-state index is -2.76. The molecule has 0 amide bonds. The van der Waals surface area contributed by atoms with Crippen molar-refractivity contribution in [1.82, 2.24) is 29.9 Å². The smallest absolute Gasteiger partial charge is 0.140 e. The number of aliphatic imine (C=N–C) groups is 3. The van der Waals surface area contributed by atoms with Crippen LogP contribution in [0.3, 0.4) is 0 Å². The van der Waals surface area contributed by atoms with Gasteiger partial charge < -0.3 is 39.1 Å². The fraction of sp³-hybridized carbons (Fsp3) is 0.474. The second-order valence-corrected chi connectivity index (χ2v) is 69.6. The van der Waals surface area contributed by atoms with Gasteiger partial charge in [0, 0.05) is 89.3 Å². The van der Waals surface area contributed by atoms with Crippen LogP contribution >= 0.6 is 56.7 Å². The zero-order valence-electron chi connectivity index (χ0n) is 65.2. The van der Waals surface area contributed by atoms with Crippen molar-refractivity contribution in [2.45, 2.75) is 112 Å². The average Bonchev–Trinajstić information content (AvgIpc) is 0.680. The van der Waals surface area contributed by atoms with Gasteiger partial charge in [-0.05, 0) is 273 Å². The Hall–Kier alpha value is -6.25. The van der Waals surface area contributed by atoms with Crippen LogP contribution in [0.25, 0.3) is 21.9 Å². The SMILES string of the molecule is CC1(C)C(N)=N[C@](C)(c2cc(Cc3nccc4cc(Br)cnc34)ccc2F)CS1(C)(C)(C)C.CC1(C)C(N)=N[C@](C)(c2cc(Cc3ncnc4cc(Br)cnc34)ccc2F)CS1(C)(C)(C)C.CN.CN.CN.COc1cccnc1Cc1ccc(F)c([C@]2(C)CS(C)(C)(C)(C)C(C)(C)C(N)=N2)c1. The van der Waals surface area contributed by atoms with Crippen LogP contribution in [0.15, 0.2) is 140 Å². The van der Waals surface area contributed by atoms with Crippen LogP contribution < -0.4 is 39.1 Å². The van der Waals surface area contributed by atoms with E-state index in [-0.39, 0.29) is 31.7 Å². The monoisotopic (exact) mass is 1590 g/mol. The van der Waals surface area contributed by atoms with Crippen molar-refractivity contribution in [3.63, 3.8) is 0 Å². The van der Waals surface area contributed by atoms with Crippen molar-refractivity contribution in [3.05, 3.63) is 193 Å². The van der Waals surface area contributed by atoms with E-state index < -0.39 is 41.5 Å². The molecule has 16 nitrogen and oxygen atoms in total. The van der Waals surface area contributed by atoms with Crippen LogP contribution in [0.1, 0.15) is 113 Å². The number of methoxy groups -OCH3 is 1. The molecule has 0 fully saturated rings. The van der Waals surface area contributed by atoms with Crippen molar-refractivity contribution in [3.8, 4) is 5.75 Å². The highest BCUT2D eigenvalue weighted by atomic mass is 79.9. The van der Waals surface area contributed by atoms with E-state index >= 15 is 13.2 Å². The standard InChI is InChI=1S/C26H34BrFN4S.C25H33BrFN5S.C24H36FN3OS.3CH5N/c1-25(2)24(29)32-26(3,16-33(25,4,5,6)7)20-12-17(8-9-21(20)28)13-22-23-18(10-11-30-22)14-19(27)15-31-23;1-24(2)23(28)32-25(3,14-33(24,4,5,6)7)18-10-16(8-9-19(18)27)11-20-22-21(31-15-30-20)12-17(26)13-29-22;1-23(2)22(26)28-24(3,16-30(23,5,6,7)8)18-14-17(11-12-19(18)25)15-20-21(29-4)10-9-13-27-20;3*1-2/h8-12,14-15H,13,16H2,1-7H3,(H2,29,32);8-10,12-13,15H,11,14H2,1-7H3,(H2,28,32);9-14H,15-16H2,1-8H3,(H2,26,28);3*2H2,1H3/t26-;25-;24-;;;/m000.../s1. The maximum absolute atomic E-state index is 15.3. The number of ether oxygens (including phenoxy) is 1. The number of pyridine rings is 4. The molecule has 24 heteroatoms. The van der Waals surface area contributed by atoms with E-state index in [2.05, 4.69) is 196 Å². The molecule has 0 saturated carbocycles. The van der Waals surface area contributed by atoms with Gasteiger partial charge in [0.1, 0.15) is 52.6 Å². The zero-order valence-corrected chi connectivity index (χ0v) is 70.8. The first kappa shape index (κ1) is 84.7. The Morgan fingerprint density at radius 2 is 0.765 bits per heavy atom. The molecule has 0 bridgehead atoms. The molecule has 102 heavy (non-hydrogen) atoms. The fourth-order valence-corrected chi connectivity index (χ4v) is 27.5. The van der Waals surface area contributed by atoms with Crippen LogP contribution in [0, 0.1) is 17.5 Å². The molecular formula is C78H118Br2F3N15OS3. The average molecular weight is 1590 g/mol. The summed E-state index contributed by atoms with van der Waals surface area (Å²) < 4.78 is 52.2. The van der Waals surface area contributed by atoms with Crippen LogP contribution in [-0.4, -0.2) is 182 Å². The molecule has 0 radical (unpaired) electrons. The lowest BCUT2D eigenvalue weighted by Gasteiger charge is -2.81. The Labute approximate surface area is 620 Å². The summed E-state index contributed by atoms with van der Waals surface area (Å²) in [6.07, 6.45) is 38.2. The summed E-state index contributed by atoms with van der Waals surface area (Å²) in [5.74, 6) is 4.01. The van der Waals surface area contributed by atoms with Gasteiger partial charge in [-0.1, -0.05) is 36.4 Å². The first-order valence-electron chi connectivity index (χ1n) is 33.7. The quantitative estimate of drug-likeness (QED) is 0.0744. The fourth-order valence-electron chi connectivity index (χ4n) is 14.5. The minimum Gasteiger partial charge on any atom is -0.495 e. The van der Waals surface area contributed by atoms with Gasteiger partial charge in [0.25, 0.3) is 0 Å². The molecule has 8 heterocycles. The predicted molar refractivity (Wildman–Crippen MR) is 449 cm³/mol. The number of hydrogen-bond acceptors (Lipinski definition) is 16. The molecule has 11 rings (SSSR count). The number of hydrogen-bond donors (Lipinski definition) is 6. The van der Waals surface area contributed by atoms with Crippen molar-refractivity contribution < 1.29 is 17.9 Å². The van der Waals surface area contributed by atoms with Gasteiger partial charge in [-0.25, -0.2) is 23.1 Å². The molecule has 3 aliphatic rings. The summed E-state index contributed by atoms with van der Waals surface area (Å²) in [4.78, 5) is 41.7. The number of halogens is 5. The lowest BCUT2D eigenvalue weighted by Crippen LogP contribution is -2.65. The summed E-state index contributed by atoms with van der Waals surface area (Å²) >= 11 is 6.91. The largest absolute Gasteiger partial charge is 0.495 e. The Morgan fingerprint density at radius 1 is 0.422 bits per heavy atom. The molecule has 8 aromatic rings. The number of nitrogens with zero attached hydrogens (tertiary/aromatic N) is 9. The van der Waals surface area contributed by atoms with Crippen molar-refractivity contribution in [1.29, 1.82) is 0 Å². The maximum atomic E-state index is 15.3. The van der Waals surface area contributed by atoms with Gasteiger partial charge in [0.15, 0.2) is 0 Å². The van der Waals surface area contributed by atoms with Gasteiger partial charge >= 0.3 is 0 Å².